The van der Waals surface area contributed by atoms with Gasteiger partial charge in [-0.3, -0.25) is 0 Å². The van der Waals surface area contributed by atoms with Crippen molar-refractivity contribution in [2.45, 2.75) is 20.1 Å². The van der Waals surface area contributed by atoms with Gasteiger partial charge >= 0.3 is 5.97 Å². The average Bonchev–Trinajstić information content (AvgIpc) is 3.05. The number of ether oxygens (including phenoxy) is 2. The van der Waals surface area contributed by atoms with Gasteiger partial charge in [-0.05, 0) is 18.2 Å². The largest absolute Gasteiger partial charge is 0.485 e. The van der Waals surface area contributed by atoms with Crippen molar-refractivity contribution in [1.82, 2.24) is 15.1 Å². The third-order valence-electron chi connectivity index (χ3n) is 3.19. The first-order valence-electron chi connectivity index (χ1n) is 7.40. The summed E-state index contributed by atoms with van der Waals surface area (Å²) in [6, 6.07) is 10.2. The highest BCUT2D eigenvalue weighted by Gasteiger charge is 2.15. The highest BCUT2D eigenvalue weighted by molar-refractivity contribution is 6.29. The Morgan fingerprint density at radius 1 is 1.20 bits per heavy atom. The van der Waals surface area contributed by atoms with Gasteiger partial charge in [-0.15, -0.1) is 0 Å². The minimum Gasteiger partial charge on any atom is -0.485 e. The first-order valence-corrected chi connectivity index (χ1v) is 7.78. The Labute approximate surface area is 148 Å². The van der Waals surface area contributed by atoms with E-state index in [1.165, 1.54) is 0 Å². The highest BCUT2D eigenvalue weighted by atomic mass is 35.5. The lowest BCUT2D eigenvalue weighted by molar-refractivity contribution is 0.0467. The van der Waals surface area contributed by atoms with E-state index in [9.17, 15) is 4.79 Å². The fourth-order valence-corrected chi connectivity index (χ4v) is 2.13. The topological polar surface area (TPSA) is 87.3 Å². The lowest BCUT2D eigenvalue weighted by atomic mass is 10.2. The molecule has 0 aliphatic rings. The zero-order valence-electron chi connectivity index (χ0n) is 13.3. The van der Waals surface area contributed by atoms with Crippen molar-refractivity contribution in [3.05, 3.63) is 70.6 Å². The van der Waals surface area contributed by atoms with Crippen LogP contribution in [0.25, 0.3) is 0 Å². The summed E-state index contributed by atoms with van der Waals surface area (Å²) in [4.78, 5) is 20.3. The number of rotatable bonds is 6. The molecule has 25 heavy (non-hydrogen) atoms. The molecule has 0 saturated heterocycles. The molecule has 0 fully saturated rings. The van der Waals surface area contributed by atoms with Gasteiger partial charge in [0.2, 0.25) is 11.7 Å². The van der Waals surface area contributed by atoms with Crippen LogP contribution in [-0.2, 0) is 18.0 Å². The Balaban J connectivity index is 1.64. The van der Waals surface area contributed by atoms with E-state index in [1.54, 1.807) is 49.5 Å². The van der Waals surface area contributed by atoms with Gasteiger partial charge in [0.05, 0.1) is 0 Å². The van der Waals surface area contributed by atoms with E-state index in [-0.39, 0.29) is 13.2 Å². The third kappa shape index (κ3) is 4.54. The predicted molar refractivity (Wildman–Crippen MR) is 88.2 cm³/mol. The molecule has 0 N–H and O–H groups in total. The van der Waals surface area contributed by atoms with Crippen molar-refractivity contribution in [1.29, 1.82) is 0 Å². The van der Waals surface area contributed by atoms with E-state index in [4.69, 9.17) is 25.6 Å². The molecule has 0 unspecified atom stereocenters. The van der Waals surface area contributed by atoms with Crippen LogP contribution in [0.1, 0.15) is 27.6 Å². The van der Waals surface area contributed by atoms with Crippen LogP contribution in [0.5, 0.6) is 5.75 Å². The van der Waals surface area contributed by atoms with Crippen molar-refractivity contribution >= 4 is 17.6 Å². The summed E-state index contributed by atoms with van der Waals surface area (Å²) in [5.41, 5.74) is 1.04. The van der Waals surface area contributed by atoms with Gasteiger partial charge in [0, 0.05) is 18.7 Å². The molecule has 1 aromatic carbocycles. The molecular formula is C17H14ClN3O4. The number of para-hydroxylation sites is 1. The maximum atomic E-state index is 12.3. The Morgan fingerprint density at radius 2 is 2.04 bits per heavy atom. The number of aryl methyl sites for hydroxylation is 1. The van der Waals surface area contributed by atoms with E-state index in [1.807, 2.05) is 0 Å². The van der Waals surface area contributed by atoms with Gasteiger partial charge in [0.1, 0.15) is 23.1 Å². The molecule has 0 amide bonds. The van der Waals surface area contributed by atoms with Gasteiger partial charge in [-0.25, -0.2) is 9.78 Å². The number of pyridine rings is 1. The van der Waals surface area contributed by atoms with Crippen LogP contribution in [0, 0.1) is 6.92 Å². The zero-order chi connectivity index (χ0) is 17.6. The number of carbonyl (C=O) groups excluding carboxylic acids is 1. The first kappa shape index (κ1) is 16.9. The van der Waals surface area contributed by atoms with Crippen molar-refractivity contribution in [3.8, 4) is 5.75 Å². The molecule has 0 aliphatic carbocycles. The molecule has 3 rings (SSSR count). The van der Waals surface area contributed by atoms with Crippen LogP contribution in [0.4, 0.5) is 0 Å². The van der Waals surface area contributed by atoms with Crippen LogP contribution >= 0.6 is 11.6 Å². The zero-order valence-corrected chi connectivity index (χ0v) is 14.1. The second-order valence-corrected chi connectivity index (χ2v) is 5.47. The molecule has 3 aromatic rings. The van der Waals surface area contributed by atoms with Crippen molar-refractivity contribution in [2.75, 3.05) is 0 Å². The van der Waals surface area contributed by atoms with Gasteiger partial charge in [0.25, 0.3) is 0 Å². The molecule has 0 spiro atoms. The van der Waals surface area contributed by atoms with Gasteiger partial charge in [-0.2, -0.15) is 4.98 Å². The number of benzene rings is 1. The number of halogens is 1. The number of hydrogen-bond acceptors (Lipinski definition) is 7. The van der Waals surface area contributed by atoms with Crippen LogP contribution in [0.15, 0.2) is 47.1 Å². The Kier molecular flexibility index (Phi) is 5.25. The molecule has 7 nitrogen and oxygen atoms in total. The summed E-state index contributed by atoms with van der Waals surface area (Å²) >= 11 is 5.73. The van der Waals surface area contributed by atoms with E-state index in [0.29, 0.717) is 28.2 Å². The maximum absolute atomic E-state index is 12.3. The Bertz CT molecular complexity index is 864. The summed E-state index contributed by atoms with van der Waals surface area (Å²) in [7, 11) is 0. The summed E-state index contributed by atoms with van der Waals surface area (Å²) in [5.74, 6) is 0.717. The fraction of sp³-hybridized carbons (Fsp3) is 0.176. The second kappa shape index (κ2) is 7.76. The summed E-state index contributed by atoms with van der Waals surface area (Å²) in [6.45, 7) is 1.86. The standard InChI is InChI=1S/C17H14ClN3O4/c1-11-20-16(21-25-11)10-23-14-5-3-2-4-13(14)17(22)24-9-12-6-7-15(18)19-8-12/h2-8H,9-10H2,1H3. The SMILES string of the molecule is Cc1nc(COc2ccccc2C(=O)OCc2ccc(Cl)nc2)no1. The molecule has 0 radical (unpaired) electrons. The molecule has 0 saturated carbocycles. The van der Waals surface area contributed by atoms with Crippen molar-refractivity contribution in [2.24, 2.45) is 0 Å². The quantitative estimate of drug-likeness (QED) is 0.492. The lowest BCUT2D eigenvalue weighted by Crippen LogP contribution is -2.08. The van der Waals surface area contributed by atoms with Crippen molar-refractivity contribution < 1.29 is 18.8 Å². The van der Waals surface area contributed by atoms with Crippen LogP contribution in [-0.4, -0.2) is 21.1 Å². The molecule has 0 atom stereocenters. The fourth-order valence-electron chi connectivity index (χ4n) is 2.02. The molecular weight excluding hydrogens is 346 g/mol. The molecule has 2 heterocycles. The van der Waals surface area contributed by atoms with Gasteiger partial charge in [0.15, 0.2) is 6.61 Å². The van der Waals surface area contributed by atoms with Crippen LogP contribution in [0.3, 0.4) is 0 Å². The Morgan fingerprint density at radius 3 is 2.76 bits per heavy atom. The molecule has 0 aliphatic heterocycles. The summed E-state index contributed by atoms with van der Waals surface area (Å²) in [6.07, 6.45) is 1.55. The lowest BCUT2D eigenvalue weighted by Gasteiger charge is -2.10. The molecule has 128 valence electrons. The minimum atomic E-state index is -0.505. The van der Waals surface area contributed by atoms with Gasteiger partial charge in [-0.1, -0.05) is 35.0 Å². The maximum Gasteiger partial charge on any atom is 0.342 e. The number of nitrogens with zero attached hydrogens (tertiary/aromatic N) is 3. The number of esters is 1. The highest BCUT2D eigenvalue weighted by Crippen LogP contribution is 2.20. The third-order valence-corrected chi connectivity index (χ3v) is 3.42. The van der Waals surface area contributed by atoms with E-state index < -0.39 is 5.97 Å². The normalized spacial score (nSPS) is 10.5. The Hall–Kier alpha value is -2.93. The molecule has 2 aromatic heterocycles. The average molecular weight is 360 g/mol. The van der Waals surface area contributed by atoms with E-state index in [2.05, 4.69) is 15.1 Å². The second-order valence-electron chi connectivity index (χ2n) is 5.08. The van der Waals surface area contributed by atoms with Crippen molar-refractivity contribution in [3.63, 3.8) is 0 Å². The van der Waals surface area contributed by atoms with Crippen LogP contribution in [0.2, 0.25) is 5.15 Å². The first-order chi connectivity index (χ1) is 12.1. The number of hydrogen-bond donors (Lipinski definition) is 0. The van der Waals surface area contributed by atoms with E-state index >= 15 is 0 Å². The number of aromatic nitrogens is 3. The summed E-state index contributed by atoms with van der Waals surface area (Å²) in [5, 5.41) is 4.12. The predicted octanol–water partition coefficient (Wildman–Crippen LogP) is 3.36. The monoisotopic (exact) mass is 359 g/mol. The van der Waals surface area contributed by atoms with E-state index in [0.717, 1.165) is 5.56 Å². The smallest absolute Gasteiger partial charge is 0.342 e. The summed E-state index contributed by atoms with van der Waals surface area (Å²) < 4.78 is 15.8. The number of carbonyl (C=O) groups is 1. The molecule has 0 bridgehead atoms. The van der Waals surface area contributed by atoms with Crippen LogP contribution < -0.4 is 4.74 Å². The molecule has 8 heteroatoms. The van der Waals surface area contributed by atoms with Gasteiger partial charge < -0.3 is 14.0 Å². The minimum absolute atomic E-state index is 0.0847.